The second-order valence-electron chi connectivity index (χ2n) is 7.18. The number of amides is 1. The van der Waals surface area contributed by atoms with Gasteiger partial charge >= 0.3 is 6.09 Å². The third-order valence-corrected chi connectivity index (χ3v) is 4.76. The van der Waals surface area contributed by atoms with E-state index in [0.29, 0.717) is 5.88 Å². The molecule has 1 amide bonds. The van der Waals surface area contributed by atoms with Gasteiger partial charge in [-0.05, 0) is 62.3 Å². The Balaban J connectivity index is 1.62. The van der Waals surface area contributed by atoms with Gasteiger partial charge in [0, 0.05) is 31.0 Å². The first-order valence-corrected chi connectivity index (χ1v) is 9.07. The molecule has 2 aliphatic rings. The zero-order valence-corrected chi connectivity index (χ0v) is 15.8. The van der Waals surface area contributed by atoms with Crippen LogP contribution in [0.25, 0.3) is 0 Å². The minimum Gasteiger partial charge on any atom is -0.473 e. The summed E-state index contributed by atoms with van der Waals surface area (Å²) >= 11 is 2.12. The normalized spacial score (nSPS) is 27.0. The minimum atomic E-state index is -0.458. The zero-order valence-electron chi connectivity index (χ0n) is 13.7. The lowest BCUT2D eigenvalue weighted by Crippen LogP contribution is -2.50. The van der Waals surface area contributed by atoms with Crippen LogP contribution in [0.15, 0.2) is 12.1 Å². The lowest BCUT2D eigenvalue weighted by molar-refractivity contribution is -0.00771. The summed E-state index contributed by atoms with van der Waals surface area (Å²) in [7, 11) is 0. The number of halogens is 1. The third kappa shape index (κ3) is 4.05. The van der Waals surface area contributed by atoms with Crippen molar-refractivity contribution in [3.8, 4) is 5.88 Å². The SMILES string of the molecule is CC(C)(C)OC(=O)N1[C@@H]2CC[C@H]1CC(Oc1ccc(I)nn1)C2. The second-order valence-corrected chi connectivity index (χ2v) is 8.28. The number of hydrogen-bond acceptors (Lipinski definition) is 5. The van der Waals surface area contributed by atoms with Crippen LogP contribution in [-0.2, 0) is 4.74 Å². The molecule has 1 aromatic rings. The molecule has 2 saturated heterocycles. The molecule has 3 atom stereocenters. The molecule has 0 saturated carbocycles. The van der Waals surface area contributed by atoms with Gasteiger partial charge in [-0.3, -0.25) is 0 Å². The lowest BCUT2D eigenvalue weighted by Gasteiger charge is -2.39. The van der Waals surface area contributed by atoms with Crippen molar-refractivity contribution >= 4 is 28.7 Å². The highest BCUT2D eigenvalue weighted by atomic mass is 127. The Morgan fingerprint density at radius 2 is 1.87 bits per heavy atom. The van der Waals surface area contributed by atoms with Crippen molar-refractivity contribution < 1.29 is 14.3 Å². The van der Waals surface area contributed by atoms with E-state index in [9.17, 15) is 4.79 Å². The van der Waals surface area contributed by atoms with Crippen LogP contribution < -0.4 is 4.74 Å². The molecule has 6 nitrogen and oxygen atoms in total. The van der Waals surface area contributed by atoms with Crippen LogP contribution in [0, 0.1) is 3.70 Å². The lowest BCUT2D eigenvalue weighted by atomic mass is 10.0. The van der Waals surface area contributed by atoms with Crippen LogP contribution in [0.3, 0.4) is 0 Å². The second kappa shape index (κ2) is 6.41. The van der Waals surface area contributed by atoms with E-state index < -0.39 is 5.60 Å². The summed E-state index contributed by atoms with van der Waals surface area (Å²) in [6, 6.07) is 4.13. The van der Waals surface area contributed by atoms with Crippen molar-refractivity contribution in [2.24, 2.45) is 0 Å². The van der Waals surface area contributed by atoms with Crippen molar-refractivity contribution in [3.63, 3.8) is 0 Å². The molecule has 126 valence electrons. The molecule has 0 spiro atoms. The topological polar surface area (TPSA) is 64.5 Å². The average molecular weight is 431 g/mol. The van der Waals surface area contributed by atoms with Gasteiger partial charge in [-0.25, -0.2) is 4.79 Å². The maximum atomic E-state index is 12.4. The first-order valence-electron chi connectivity index (χ1n) is 7.99. The Hall–Kier alpha value is -1.12. The summed E-state index contributed by atoms with van der Waals surface area (Å²) in [4.78, 5) is 14.3. The van der Waals surface area contributed by atoms with Crippen molar-refractivity contribution in [1.82, 2.24) is 15.1 Å². The van der Waals surface area contributed by atoms with Crippen LogP contribution in [0.4, 0.5) is 4.79 Å². The molecule has 3 rings (SSSR count). The first kappa shape index (κ1) is 16.7. The number of hydrogen-bond donors (Lipinski definition) is 0. The van der Waals surface area contributed by atoms with Crippen LogP contribution >= 0.6 is 22.6 Å². The summed E-state index contributed by atoms with van der Waals surface area (Å²) in [5.74, 6) is 0.556. The average Bonchev–Trinajstić information content (AvgIpc) is 2.72. The molecule has 2 aliphatic heterocycles. The van der Waals surface area contributed by atoms with Gasteiger partial charge in [-0.1, -0.05) is 0 Å². The number of rotatable bonds is 2. The molecular formula is C16H22IN3O3. The number of fused-ring (bicyclic) bond motifs is 2. The largest absolute Gasteiger partial charge is 0.473 e. The molecular weight excluding hydrogens is 409 g/mol. The summed E-state index contributed by atoms with van der Waals surface area (Å²) in [5.41, 5.74) is -0.458. The Morgan fingerprint density at radius 1 is 1.22 bits per heavy atom. The molecule has 23 heavy (non-hydrogen) atoms. The van der Waals surface area contributed by atoms with Gasteiger partial charge in [-0.2, -0.15) is 0 Å². The zero-order chi connectivity index (χ0) is 16.6. The smallest absolute Gasteiger partial charge is 0.410 e. The summed E-state index contributed by atoms with van der Waals surface area (Å²) in [6.45, 7) is 5.70. The van der Waals surface area contributed by atoms with Crippen LogP contribution in [-0.4, -0.2) is 45.0 Å². The third-order valence-electron chi connectivity index (χ3n) is 4.19. The predicted octanol–water partition coefficient (Wildman–Crippen LogP) is 3.39. The molecule has 2 bridgehead atoms. The van der Waals surface area contributed by atoms with Gasteiger partial charge in [0.05, 0.1) is 0 Å². The Morgan fingerprint density at radius 3 is 2.39 bits per heavy atom. The molecule has 2 fully saturated rings. The van der Waals surface area contributed by atoms with E-state index in [1.165, 1.54) is 0 Å². The highest BCUT2D eigenvalue weighted by Crippen LogP contribution is 2.38. The van der Waals surface area contributed by atoms with Crippen molar-refractivity contribution in [3.05, 3.63) is 15.8 Å². The molecule has 0 radical (unpaired) electrons. The number of piperidine rings is 1. The maximum Gasteiger partial charge on any atom is 0.410 e. The minimum absolute atomic E-state index is 0.0838. The fraction of sp³-hybridized carbons (Fsp3) is 0.688. The van der Waals surface area contributed by atoms with Gasteiger partial charge in [-0.15, -0.1) is 10.2 Å². The maximum absolute atomic E-state index is 12.4. The number of carbonyl (C=O) groups excluding carboxylic acids is 1. The Bertz CT molecular complexity index is 559. The number of carbonyl (C=O) groups is 1. The van der Waals surface area contributed by atoms with Gasteiger partial charge in [0.1, 0.15) is 15.4 Å². The Labute approximate surface area is 150 Å². The number of nitrogens with zero attached hydrogens (tertiary/aromatic N) is 3. The highest BCUT2D eigenvalue weighted by Gasteiger charge is 2.45. The van der Waals surface area contributed by atoms with Crippen LogP contribution in [0.1, 0.15) is 46.5 Å². The molecule has 0 aliphatic carbocycles. The van der Waals surface area contributed by atoms with Crippen molar-refractivity contribution in [2.45, 2.75) is 70.2 Å². The number of aromatic nitrogens is 2. The summed E-state index contributed by atoms with van der Waals surface area (Å²) in [6.07, 6.45) is 3.56. The van der Waals surface area contributed by atoms with Crippen LogP contribution in [0.2, 0.25) is 0 Å². The van der Waals surface area contributed by atoms with Crippen molar-refractivity contribution in [2.75, 3.05) is 0 Å². The van der Waals surface area contributed by atoms with E-state index in [4.69, 9.17) is 9.47 Å². The predicted molar refractivity (Wildman–Crippen MR) is 93.3 cm³/mol. The van der Waals surface area contributed by atoms with E-state index in [2.05, 4.69) is 32.8 Å². The van der Waals surface area contributed by atoms with Crippen LogP contribution in [0.5, 0.6) is 5.88 Å². The van der Waals surface area contributed by atoms with Gasteiger partial charge in [0.15, 0.2) is 0 Å². The molecule has 1 aromatic heterocycles. The standard InChI is InChI=1S/C16H22IN3O3/c1-16(2,3)23-15(21)20-10-4-5-11(20)9-12(8-10)22-14-7-6-13(17)18-19-14/h6-7,10-12H,4-5,8-9H2,1-3H3/t10-,11+,12?. The van der Waals surface area contributed by atoms with Crippen molar-refractivity contribution in [1.29, 1.82) is 0 Å². The molecule has 1 unspecified atom stereocenters. The fourth-order valence-electron chi connectivity index (χ4n) is 3.37. The van der Waals surface area contributed by atoms with E-state index in [1.807, 2.05) is 37.8 Å². The molecule has 0 N–H and O–H groups in total. The monoisotopic (exact) mass is 431 g/mol. The quantitative estimate of drug-likeness (QED) is 0.672. The molecule has 7 heteroatoms. The van der Waals surface area contributed by atoms with E-state index in [1.54, 1.807) is 0 Å². The van der Waals surface area contributed by atoms with E-state index >= 15 is 0 Å². The summed E-state index contributed by atoms with van der Waals surface area (Å²) in [5, 5.41) is 8.07. The Kier molecular flexibility index (Phi) is 4.66. The molecule has 0 aromatic carbocycles. The van der Waals surface area contributed by atoms with Gasteiger partial charge < -0.3 is 14.4 Å². The summed E-state index contributed by atoms with van der Waals surface area (Å²) < 4.78 is 12.4. The van der Waals surface area contributed by atoms with E-state index in [0.717, 1.165) is 29.4 Å². The highest BCUT2D eigenvalue weighted by molar-refractivity contribution is 14.1. The first-order chi connectivity index (χ1) is 10.8. The van der Waals surface area contributed by atoms with Gasteiger partial charge in [0.25, 0.3) is 0 Å². The van der Waals surface area contributed by atoms with Gasteiger partial charge in [0.2, 0.25) is 5.88 Å². The number of ether oxygens (including phenoxy) is 2. The van der Waals surface area contributed by atoms with E-state index in [-0.39, 0.29) is 24.3 Å². The molecule has 3 heterocycles. The fourth-order valence-corrected chi connectivity index (χ4v) is 3.66.